The second kappa shape index (κ2) is 17.4. The van der Waals surface area contributed by atoms with Crippen molar-refractivity contribution in [3.8, 4) is 28.2 Å². The summed E-state index contributed by atoms with van der Waals surface area (Å²) in [6, 6.07) is 106. The van der Waals surface area contributed by atoms with Gasteiger partial charge < -0.3 is 18.6 Å². The molecule has 18 rings (SSSR count). The summed E-state index contributed by atoms with van der Waals surface area (Å²) in [6.07, 6.45) is 0.887. The first-order valence-corrected chi connectivity index (χ1v) is 28.6. The molecule has 4 heterocycles. The maximum atomic E-state index is 2.61. The summed E-state index contributed by atoms with van der Waals surface area (Å²) in [6.45, 7) is 0. The molecule has 0 saturated carbocycles. The zero-order valence-corrected chi connectivity index (χ0v) is 44.7. The van der Waals surface area contributed by atoms with Crippen molar-refractivity contribution in [3.05, 3.63) is 296 Å². The van der Waals surface area contributed by atoms with E-state index < -0.39 is 0 Å². The van der Waals surface area contributed by atoms with Crippen LogP contribution in [0.2, 0.25) is 0 Å². The molecular formula is C78H50N4. The molecule has 0 fully saturated rings. The number of hydrogen-bond donors (Lipinski definition) is 0. The van der Waals surface area contributed by atoms with Crippen molar-refractivity contribution in [2.45, 2.75) is 12.5 Å². The van der Waals surface area contributed by atoms with Crippen molar-refractivity contribution in [2.24, 2.45) is 0 Å². The number of para-hydroxylation sites is 6. The minimum absolute atomic E-state index is 0.0402. The summed E-state index contributed by atoms with van der Waals surface area (Å²) in [5.74, 6) is 0. The summed E-state index contributed by atoms with van der Waals surface area (Å²) in [5, 5.41) is 17.7. The maximum absolute atomic E-state index is 2.61. The highest BCUT2D eigenvalue weighted by Crippen LogP contribution is 2.53. The Morgan fingerprint density at radius 1 is 0.256 bits per heavy atom. The van der Waals surface area contributed by atoms with Gasteiger partial charge in [0.2, 0.25) is 0 Å². The van der Waals surface area contributed by atoms with Crippen LogP contribution in [0.5, 0.6) is 0 Å². The van der Waals surface area contributed by atoms with E-state index >= 15 is 0 Å². The predicted molar refractivity (Wildman–Crippen MR) is 346 cm³/mol. The fraction of sp³-hybridized carbons (Fsp3) is 0.0256. The van der Waals surface area contributed by atoms with Crippen LogP contribution in [0.1, 0.15) is 17.2 Å². The number of rotatable bonds is 6. The lowest BCUT2D eigenvalue weighted by Crippen LogP contribution is -2.20. The molecule has 1 aliphatic heterocycles. The first-order valence-electron chi connectivity index (χ1n) is 28.6. The van der Waals surface area contributed by atoms with E-state index in [0.29, 0.717) is 0 Å². The largest absolute Gasteiger partial charge is 0.333 e. The SMILES string of the molecule is c1ccc(-n2c3ccccc3c3cc(-c4ccccc4C4Cc5ccccc5N4c4ccc(-n5c6ccccc6c6c7c(c8ccccc8c8c7c7ccccc7n8-c7ccccc7)c7ccccc7c65)cc4)c4ccccc4c32)cc1. The lowest BCUT2D eigenvalue weighted by atomic mass is 9.89. The fourth-order valence-corrected chi connectivity index (χ4v) is 14.9. The van der Waals surface area contributed by atoms with Gasteiger partial charge in [-0.2, -0.15) is 0 Å². The fourth-order valence-electron chi connectivity index (χ4n) is 14.9. The molecule has 0 bridgehead atoms. The Kier molecular flexibility index (Phi) is 9.60. The Bertz CT molecular complexity index is 5490. The van der Waals surface area contributed by atoms with Crippen LogP contribution in [0.3, 0.4) is 0 Å². The molecule has 0 radical (unpaired) electrons. The summed E-state index contributed by atoms with van der Waals surface area (Å²) in [4.78, 5) is 2.61. The van der Waals surface area contributed by atoms with Crippen LogP contribution in [-0.2, 0) is 6.42 Å². The summed E-state index contributed by atoms with van der Waals surface area (Å²) < 4.78 is 7.51. The van der Waals surface area contributed by atoms with Crippen LogP contribution in [0.15, 0.2) is 285 Å². The third-order valence-electron chi connectivity index (χ3n) is 18.1. The highest BCUT2D eigenvalue weighted by atomic mass is 15.2. The molecular weight excluding hydrogens is 993 g/mol. The first kappa shape index (κ1) is 45.2. The Balaban J connectivity index is 0.852. The van der Waals surface area contributed by atoms with Crippen LogP contribution < -0.4 is 4.90 Å². The van der Waals surface area contributed by atoms with Gasteiger partial charge in [0.05, 0.1) is 39.1 Å². The molecule has 3 aromatic heterocycles. The third-order valence-corrected chi connectivity index (χ3v) is 18.1. The number of hydrogen-bond acceptors (Lipinski definition) is 1. The molecule has 1 unspecified atom stereocenters. The van der Waals surface area contributed by atoms with Crippen LogP contribution in [0.4, 0.5) is 11.4 Å². The zero-order chi connectivity index (χ0) is 53.6. The van der Waals surface area contributed by atoms with Crippen molar-refractivity contribution in [1.29, 1.82) is 0 Å². The molecule has 0 spiro atoms. The Labute approximate surface area is 472 Å². The van der Waals surface area contributed by atoms with Crippen LogP contribution >= 0.6 is 0 Å². The molecule has 1 atom stereocenters. The number of anilines is 2. The highest BCUT2D eigenvalue weighted by molar-refractivity contribution is 6.45. The predicted octanol–water partition coefficient (Wildman–Crippen LogP) is 20.7. The molecule has 17 aromatic rings. The standard InChI is InChI=1S/C78H50N4/c1-3-24-50(25-4-1)80-68-40-20-16-31-57(68)66-48-65(55-29-9-13-34-60(55)76(66)80)54-28-8-10-30-56(54)71-47-49-23-7-19-39-67(49)79(71)52-43-45-53(46-44-52)82-70-42-22-18-38-64(70)74-75-72(59-33-12-15-36-62(59)78(74)82)58-32-11-14-35-61(58)77-73(75)63-37-17-21-41-69(63)81(77)51-26-5-2-6-27-51/h1-46,48,71H,47H2. The van der Waals surface area contributed by atoms with Crippen molar-refractivity contribution in [2.75, 3.05) is 4.90 Å². The Hall–Kier alpha value is -10.7. The Morgan fingerprint density at radius 3 is 1.27 bits per heavy atom. The molecule has 382 valence electrons. The topological polar surface area (TPSA) is 18.0 Å². The zero-order valence-electron chi connectivity index (χ0n) is 44.7. The molecule has 4 heteroatoms. The molecule has 1 aliphatic rings. The summed E-state index contributed by atoms with van der Waals surface area (Å²) >= 11 is 0. The van der Waals surface area contributed by atoms with Gasteiger partial charge in [0, 0.05) is 82.3 Å². The van der Waals surface area contributed by atoms with E-state index in [1.807, 2.05) is 0 Å². The smallest absolute Gasteiger partial charge is 0.0638 e. The van der Waals surface area contributed by atoms with Gasteiger partial charge in [-0.25, -0.2) is 0 Å². The first-order chi connectivity index (χ1) is 40.8. The van der Waals surface area contributed by atoms with Gasteiger partial charge in [-0.05, 0) is 129 Å². The van der Waals surface area contributed by atoms with Crippen molar-refractivity contribution < 1.29 is 0 Å². The van der Waals surface area contributed by atoms with E-state index in [0.717, 1.165) is 29.2 Å². The van der Waals surface area contributed by atoms with Crippen molar-refractivity contribution in [1.82, 2.24) is 13.7 Å². The quantitative estimate of drug-likeness (QED) is 0.152. The lowest BCUT2D eigenvalue weighted by molar-refractivity contribution is 0.745. The minimum Gasteiger partial charge on any atom is -0.333 e. The van der Waals surface area contributed by atoms with E-state index in [-0.39, 0.29) is 6.04 Å². The van der Waals surface area contributed by atoms with E-state index in [1.54, 1.807) is 0 Å². The molecule has 82 heavy (non-hydrogen) atoms. The number of fused-ring (bicyclic) bond motifs is 21. The number of benzene rings is 14. The maximum Gasteiger partial charge on any atom is 0.0638 e. The van der Waals surface area contributed by atoms with Crippen molar-refractivity contribution >= 4 is 120 Å². The average Bonchev–Trinajstić information content (AvgIpc) is 2.43. The van der Waals surface area contributed by atoms with Crippen LogP contribution in [-0.4, -0.2) is 13.7 Å². The Morgan fingerprint density at radius 2 is 0.671 bits per heavy atom. The summed E-state index contributed by atoms with van der Waals surface area (Å²) in [5.41, 5.74) is 18.3. The van der Waals surface area contributed by atoms with E-state index in [4.69, 9.17) is 0 Å². The lowest BCUT2D eigenvalue weighted by Gasteiger charge is -2.30. The number of aromatic nitrogens is 3. The third kappa shape index (κ3) is 6.26. The van der Waals surface area contributed by atoms with Crippen LogP contribution in [0.25, 0.3) is 137 Å². The normalized spacial score (nSPS) is 13.7. The molecule has 4 nitrogen and oxygen atoms in total. The second-order valence-corrected chi connectivity index (χ2v) is 22.2. The van der Waals surface area contributed by atoms with Gasteiger partial charge in [0.25, 0.3) is 0 Å². The highest BCUT2D eigenvalue weighted by Gasteiger charge is 2.34. The molecule has 0 N–H and O–H groups in total. The minimum atomic E-state index is 0.0402. The molecule has 14 aromatic carbocycles. The second-order valence-electron chi connectivity index (χ2n) is 22.2. The molecule has 0 amide bonds. The van der Waals surface area contributed by atoms with E-state index in [1.165, 1.54) is 136 Å². The molecule has 0 aliphatic carbocycles. The van der Waals surface area contributed by atoms with Gasteiger partial charge in [0.1, 0.15) is 0 Å². The van der Waals surface area contributed by atoms with Gasteiger partial charge in [-0.1, -0.05) is 206 Å². The van der Waals surface area contributed by atoms with Gasteiger partial charge in [-0.3, -0.25) is 0 Å². The van der Waals surface area contributed by atoms with E-state index in [2.05, 4.69) is 304 Å². The van der Waals surface area contributed by atoms with Crippen LogP contribution in [0, 0.1) is 0 Å². The molecule has 0 saturated heterocycles. The average molecular weight is 1040 g/mol. The monoisotopic (exact) mass is 1040 g/mol. The van der Waals surface area contributed by atoms with E-state index in [9.17, 15) is 0 Å². The van der Waals surface area contributed by atoms with Gasteiger partial charge >= 0.3 is 0 Å². The summed E-state index contributed by atoms with van der Waals surface area (Å²) in [7, 11) is 0. The van der Waals surface area contributed by atoms with Gasteiger partial charge in [0.15, 0.2) is 0 Å². The van der Waals surface area contributed by atoms with Gasteiger partial charge in [-0.15, -0.1) is 0 Å². The van der Waals surface area contributed by atoms with Crippen molar-refractivity contribution in [3.63, 3.8) is 0 Å². The number of nitrogens with zero attached hydrogens (tertiary/aromatic N) is 4.